The number of aromatic carboxylic acids is 1. The number of likely N-dealkylation sites (tertiary alicyclic amines) is 1. The highest BCUT2D eigenvalue weighted by molar-refractivity contribution is 6.01. The van der Waals surface area contributed by atoms with E-state index in [4.69, 9.17) is 4.74 Å². The molecule has 7 nitrogen and oxygen atoms in total. The van der Waals surface area contributed by atoms with E-state index in [2.05, 4.69) is 39.0 Å². The van der Waals surface area contributed by atoms with Gasteiger partial charge in [0.2, 0.25) is 5.91 Å². The fraction of sp³-hybridized carbons (Fsp3) is 0.389. The lowest BCUT2D eigenvalue weighted by Crippen LogP contribution is -2.36. The molecule has 0 atom stereocenters. The predicted molar refractivity (Wildman–Crippen MR) is 170 cm³/mol. The highest BCUT2D eigenvalue weighted by Crippen LogP contribution is 2.50. The van der Waals surface area contributed by atoms with Crippen LogP contribution in [0.25, 0.3) is 33.3 Å². The summed E-state index contributed by atoms with van der Waals surface area (Å²) in [6.07, 6.45) is 9.47. The number of hydrogen-bond acceptors (Lipinski definition) is 4. The van der Waals surface area contributed by atoms with Crippen molar-refractivity contribution in [1.29, 1.82) is 0 Å². The Morgan fingerprint density at radius 1 is 0.837 bits per heavy atom. The Bertz CT molecular complexity index is 1680. The fourth-order valence-electron chi connectivity index (χ4n) is 7.50. The lowest BCUT2D eigenvalue weighted by Gasteiger charge is -2.26. The van der Waals surface area contributed by atoms with E-state index in [1.165, 1.54) is 31.2 Å². The number of hydrogen-bond donors (Lipinski definition) is 2. The van der Waals surface area contributed by atoms with Crippen molar-refractivity contribution in [3.05, 3.63) is 71.8 Å². The molecule has 1 amide bonds. The second kappa shape index (κ2) is 11.9. The topological polar surface area (TPSA) is 83.8 Å². The van der Waals surface area contributed by atoms with Crippen LogP contribution in [0.4, 0.5) is 5.69 Å². The largest absolute Gasteiger partial charge is 0.490 e. The second-order valence-electron chi connectivity index (χ2n) is 12.2. The molecule has 2 N–H and O–H groups in total. The summed E-state index contributed by atoms with van der Waals surface area (Å²) in [4.78, 5) is 27.3. The number of carbonyl (C=O) groups excluding carboxylic acids is 1. The summed E-state index contributed by atoms with van der Waals surface area (Å²) in [6.45, 7) is 3.44. The lowest BCUT2D eigenvalue weighted by atomic mass is 9.81. The number of rotatable bonds is 6. The number of carboxylic acids is 1. The van der Waals surface area contributed by atoms with Gasteiger partial charge in [0.1, 0.15) is 12.4 Å². The van der Waals surface area contributed by atoms with E-state index in [0.29, 0.717) is 31.2 Å². The SMILES string of the molecule is O=C(CN1CCCCC1)Nc1ccccc1-c1cccc2c1OCCn1c-2c(C2CCCCC2)c2ccc(C(=O)O)cc21. The molecule has 4 aromatic rings. The molecule has 0 spiro atoms. The minimum atomic E-state index is -0.914. The number of ether oxygens (including phenoxy) is 1. The molecule has 0 radical (unpaired) electrons. The summed E-state index contributed by atoms with van der Waals surface area (Å²) < 4.78 is 8.85. The molecule has 1 saturated heterocycles. The molecule has 3 heterocycles. The van der Waals surface area contributed by atoms with Gasteiger partial charge in [0, 0.05) is 33.3 Å². The number of carbonyl (C=O) groups is 2. The number of carboxylic acid groups (broad SMARTS) is 1. The monoisotopic (exact) mass is 577 g/mol. The standard InChI is InChI=1S/C36H39N3O4/c40-32(23-38-18-7-2-8-19-38)37-30-15-6-5-12-26(30)27-13-9-14-29-34-33(24-10-3-1-4-11-24)28-17-16-25(36(41)42)22-31(28)39(34)20-21-43-35(27)29/h5-6,9,12-17,22,24H,1-4,7-8,10-11,18-21,23H2,(H,37,40)(H,41,42). The molecule has 43 heavy (non-hydrogen) atoms. The molecule has 7 rings (SSSR count). The van der Waals surface area contributed by atoms with Gasteiger partial charge in [-0.05, 0) is 74.5 Å². The van der Waals surface area contributed by atoms with Crippen molar-refractivity contribution in [2.24, 2.45) is 0 Å². The van der Waals surface area contributed by atoms with Gasteiger partial charge in [0.05, 0.1) is 24.3 Å². The first kappa shape index (κ1) is 27.7. The summed E-state index contributed by atoms with van der Waals surface area (Å²) in [5, 5.41) is 14.1. The summed E-state index contributed by atoms with van der Waals surface area (Å²) in [5.41, 5.74) is 7.42. The zero-order valence-corrected chi connectivity index (χ0v) is 24.6. The fourth-order valence-corrected chi connectivity index (χ4v) is 7.50. The second-order valence-corrected chi connectivity index (χ2v) is 12.2. The molecule has 0 bridgehead atoms. The molecule has 7 heteroatoms. The maximum atomic E-state index is 13.1. The highest BCUT2D eigenvalue weighted by Gasteiger charge is 2.31. The maximum absolute atomic E-state index is 13.1. The quantitative estimate of drug-likeness (QED) is 0.247. The van der Waals surface area contributed by atoms with E-state index >= 15 is 0 Å². The van der Waals surface area contributed by atoms with Crippen molar-refractivity contribution in [3.8, 4) is 28.1 Å². The zero-order valence-electron chi connectivity index (χ0n) is 24.6. The van der Waals surface area contributed by atoms with Gasteiger partial charge in [-0.25, -0.2) is 4.79 Å². The number of anilines is 1. The van der Waals surface area contributed by atoms with Crippen molar-refractivity contribution in [2.45, 2.75) is 63.8 Å². The third-order valence-corrected chi connectivity index (χ3v) is 9.50. The van der Waals surface area contributed by atoms with Crippen molar-refractivity contribution >= 4 is 28.5 Å². The van der Waals surface area contributed by atoms with Gasteiger partial charge in [-0.3, -0.25) is 9.69 Å². The van der Waals surface area contributed by atoms with E-state index < -0.39 is 5.97 Å². The first-order valence-corrected chi connectivity index (χ1v) is 15.9. The van der Waals surface area contributed by atoms with Crippen LogP contribution in [0.3, 0.4) is 0 Å². The van der Waals surface area contributed by atoms with Crippen LogP contribution in [0.5, 0.6) is 5.75 Å². The summed E-state index contributed by atoms with van der Waals surface area (Å²) in [6, 6.07) is 19.9. The Balaban J connectivity index is 1.34. The first-order valence-electron chi connectivity index (χ1n) is 15.9. The Hall–Kier alpha value is -4.10. The Morgan fingerprint density at radius 2 is 1.58 bits per heavy atom. The van der Waals surface area contributed by atoms with E-state index in [0.717, 1.165) is 83.5 Å². The number of nitrogens with zero attached hydrogens (tertiary/aromatic N) is 2. The minimum Gasteiger partial charge on any atom is -0.490 e. The average Bonchev–Trinajstić information content (AvgIpc) is 3.22. The molecule has 0 unspecified atom stereocenters. The molecule has 3 aliphatic rings. The number of piperidine rings is 1. The van der Waals surface area contributed by atoms with Crippen molar-refractivity contribution < 1.29 is 19.4 Å². The van der Waals surface area contributed by atoms with Crippen LogP contribution in [-0.4, -0.2) is 52.7 Å². The molecule has 3 aromatic carbocycles. The third-order valence-electron chi connectivity index (χ3n) is 9.50. The summed E-state index contributed by atoms with van der Waals surface area (Å²) in [5.74, 6) is 0.325. The molecule has 2 fully saturated rings. The van der Waals surface area contributed by atoms with Gasteiger partial charge in [0.15, 0.2) is 0 Å². The van der Waals surface area contributed by atoms with Crippen LogP contribution < -0.4 is 10.1 Å². The van der Waals surface area contributed by atoms with Gasteiger partial charge in [0.25, 0.3) is 0 Å². The van der Waals surface area contributed by atoms with Gasteiger partial charge in [-0.2, -0.15) is 0 Å². The van der Waals surface area contributed by atoms with Crippen LogP contribution in [0.2, 0.25) is 0 Å². The van der Waals surface area contributed by atoms with E-state index in [1.54, 1.807) is 6.07 Å². The van der Waals surface area contributed by atoms with Crippen LogP contribution in [0, 0.1) is 0 Å². The molecule has 1 aromatic heterocycles. The molecule has 222 valence electrons. The van der Waals surface area contributed by atoms with Crippen molar-refractivity contribution in [1.82, 2.24) is 9.47 Å². The molecular formula is C36H39N3O4. The van der Waals surface area contributed by atoms with Gasteiger partial charge < -0.3 is 19.7 Å². The highest BCUT2D eigenvalue weighted by atomic mass is 16.5. The molecular weight excluding hydrogens is 538 g/mol. The van der Waals surface area contributed by atoms with Crippen molar-refractivity contribution in [2.75, 3.05) is 31.6 Å². The van der Waals surface area contributed by atoms with E-state index in [1.807, 2.05) is 30.3 Å². The smallest absolute Gasteiger partial charge is 0.335 e. The van der Waals surface area contributed by atoms with Crippen molar-refractivity contribution in [3.63, 3.8) is 0 Å². The Kier molecular flexibility index (Phi) is 7.66. The first-order chi connectivity index (χ1) is 21.1. The lowest BCUT2D eigenvalue weighted by molar-refractivity contribution is -0.117. The number of fused-ring (bicyclic) bond motifs is 5. The van der Waals surface area contributed by atoms with E-state index in [9.17, 15) is 14.7 Å². The van der Waals surface area contributed by atoms with Crippen LogP contribution in [0.1, 0.15) is 73.2 Å². The maximum Gasteiger partial charge on any atom is 0.335 e. The average molecular weight is 578 g/mol. The van der Waals surface area contributed by atoms with Crippen LogP contribution >= 0.6 is 0 Å². The third kappa shape index (κ3) is 5.31. The van der Waals surface area contributed by atoms with Gasteiger partial charge in [-0.15, -0.1) is 0 Å². The molecule has 2 aliphatic heterocycles. The van der Waals surface area contributed by atoms with Crippen LogP contribution in [-0.2, 0) is 11.3 Å². The number of para-hydroxylation sites is 2. The van der Waals surface area contributed by atoms with Gasteiger partial charge >= 0.3 is 5.97 Å². The molecule has 1 aliphatic carbocycles. The number of benzene rings is 3. The van der Waals surface area contributed by atoms with E-state index in [-0.39, 0.29) is 5.91 Å². The normalized spacial score (nSPS) is 17.5. The van der Waals surface area contributed by atoms with Crippen LogP contribution in [0.15, 0.2) is 60.7 Å². The summed E-state index contributed by atoms with van der Waals surface area (Å²) in [7, 11) is 0. The Labute approximate surface area is 252 Å². The summed E-state index contributed by atoms with van der Waals surface area (Å²) >= 11 is 0. The zero-order chi connectivity index (χ0) is 29.3. The number of aromatic nitrogens is 1. The predicted octanol–water partition coefficient (Wildman–Crippen LogP) is 7.54. The minimum absolute atomic E-state index is 0.00577. The number of nitrogens with one attached hydrogen (secondary N) is 1. The van der Waals surface area contributed by atoms with Gasteiger partial charge in [-0.1, -0.05) is 62.1 Å². The molecule has 1 saturated carbocycles. The number of amides is 1. The Morgan fingerprint density at radius 3 is 2.40 bits per heavy atom.